The van der Waals surface area contributed by atoms with Gasteiger partial charge in [-0.15, -0.1) is 0 Å². The van der Waals surface area contributed by atoms with Crippen LogP contribution in [0.15, 0.2) is 75.0 Å². The predicted octanol–water partition coefficient (Wildman–Crippen LogP) is 2.64. The predicted molar refractivity (Wildman–Crippen MR) is 111 cm³/mol. The number of benzene rings is 2. The van der Waals surface area contributed by atoms with Crippen molar-refractivity contribution < 1.29 is 17.6 Å². The Morgan fingerprint density at radius 2 is 1.73 bits per heavy atom. The molecule has 0 radical (unpaired) electrons. The van der Waals surface area contributed by atoms with Crippen molar-refractivity contribution in [2.75, 3.05) is 7.05 Å². The van der Waals surface area contributed by atoms with Gasteiger partial charge in [0.15, 0.2) is 0 Å². The first kappa shape index (κ1) is 20.3. The normalized spacial score (nSPS) is 13.9. The summed E-state index contributed by atoms with van der Waals surface area (Å²) in [6, 6.07) is 16.0. The van der Waals surface area contributed by atoms with Gasteiger partial charge in [-0.2, -0.15) is 0 Å². The van der Waals surface area contributed by atoms with Crippen LogP contribution in [0.5, 0.6) is 5.75 Å². The molecule has 8 heteroatoms. The maximum atomic E-state index is 12.4. The van der Waals surface area contributed by atoms with Crippen LogP contribution < -0.4 is 14.9 Å². The Kier molecular flexibility index (Phi) is 5.72. The first-order valence-electron chi connectivity index (χ1n) is 9.51. The number of rotatable bonds is 7. The van der Waals surface area contributed by atoms with Crippen molar-refractivity contribution >= 4 is 10.0 Å². The van der Waals surface area contributed by atoms with Crippen LogP contribution in [-0.4, -0.2) is 20.4 Å². The molecule has 0 saturated carbocycles. The molecule has 0 unspecified atom stereocenters. The van der Waals surface area contributed by atoms with Crippen LogP contribution in [0.2, 0.25) is 0 Å². The van der Waals surface area contributed by atoms with E-state index >= 15 is 0 Å². The van der Waals surface area contributed by atoms with Crippen molar-refractivity contribution in [1.29, 1.82) is 0 Å². The summed E-state index contributed by atoms with van der Waals surface area (Å²) in [5.74, 6) is 0.706. The van der Waals surface area contributed by atoms with Gasteiger partial charge in [0.2, 0.25) is 21.2 Å². The van der Waals surface area contributed by atoms with E-state index in [1.54, 1.807) is 12.1 Å². The van der Waals surface area contributed by atoms with Crippen molar-refractivity contribution in [3.63, 3.8) is 0 Å². The highest BCUT2D eigenvalue weighted by molar-refractivity contribution is 7.89. The molecule has 0 bridgehead atoms. The topological polar surface area (TPSA) is 88.8 Å². The molecule has 0 spiro atoms. The van der Waals surface area contributed by atoms with Crippen LogP contribution in [0.1, 0.15) is 22.5 Å². The second kappa shape index (κ2) is 8.43. The molecule has 1 N–H and O–H groups in total. The maximum absolute atomic E-state index is 12.4. The van der Waals surface area contributed by atoms with Gasteiger partial charge in [-0.3, -0.25) is 9.69 Å². The Bertz CT molecular complexity index is 1180. The smallest absolute Gasteiger partial charge is 0.240 e. The zero-order valence-corrected chi connectivity index (χ0v) is 17.3. The van der Waals surface area contributed by atoms with E-state index in [2.05, 4.69) is 21.8 Å². The number of nitrogens with one attached hydrogen (secondary N) is 1. The number of nitrogens with zero attached hydrogens (tertiary/aromatic N) is 1. The summed E-state index contributed by atoms with van der Waals surface area (Å²) in [5, 5.41) is 0. The highest BCUT2D eigenvalue weighted by Crippen LogP contribution is 2.24. The van der Waals surface area contributed by atoms with E-state index in [0.29, 0.717) is 12.3 Å². The second-order valence-corrected chi connectivity index (χ2v) is 9.02. The van der Waals surface area contributed by atoms with E-state index in [0.717, 1.165) is 18.7 Å². The molecule has 0 amide bonds. The lowest BCUT2D eigenvalue weighted by Crippen LogP contribution is -2.18. The number of hydrogen-bond acceptors (Lipinski definition) is 6. The highest BCUT2D eigenvalue weighted by Gasteiger charge is 2.19. The second-order valence-electron chi connectivity index (χ2n) is 7.13. The maximum Gasteiger partial charge on any atom is 0.240 e. The lowest BCUT2D eigenvalue weighted by Gasteiger charge is -2.14. The molecule has 3 aromatic rings. The molecule has 30 heavy (non-hydrogen) atoms. The fourth-order valence-electron chi connectivity index (χ4n) is 3.41. The minimum atomic E-state index is -3.48. The molecule has 4 rings (SSSR count). The van der Waals surface area contributed by atoms with Gasteiger partial charge < -0.3 is 9.15 Å². The number of sulfonamides is 1. The number of ether oxygens (including phenoxy) is 1. The quantitative estimate of drug-likeness (QED) is 0.625. The third kappa shape index (κ3) is 4.46. The summed E-state index contributed by atoms with van der Waals surface area (Å²) in [6.45, 7) is 2.34. The van der Waals surface area contributed by atoms with E-state index in [4.69, 9.17) is 9.15 Å². The number of hydrogen-bond donors (Lipinski definition) is 1. The summed E-state index contributed by atoms with van der Waals surface area (Å²) in [5.41, 5.74) is 3.09. The SMILES string of the molecule is CNS(=O)(=O)c1ccc(COc2coc(CN3Cc4ccccc4C3)cc2=O)cc1. The van der Waals surface area contributed by atoms with E-state index in [1.807, 2.05) is 12.1 Å². The van der Waals surface area contributed by atoms with Crippen LogP contribution in [0, 0.1) is 0 Å². The van der Waals surface area contributed by atoms with Gasteiger partial charge in [-0.1, -0.05) is 36.4 Å². The summed E-state index contributed by atoms with van der Waals surface area (Å²) in [7, 11) is -2.12. The Labute approximate surface area is 175 Å². The van der Waals surface area contributed by atoms with Crippen molar-refractivity contribution in [1.82, 2.24) is 9.62 Å². The zero-order chi connectivity index (χ0) is 21.1. The summed E-state index contributed by atoms with van der Waals surface area (Å²) < 4.78 is 37.0. The first-order valence-corrected chi connectivity index (χ1v) is 11.0. The third-order valence-corrected chi connectivity index (χ3v) is 6.46. The largest absolute Gasteiger partial charge is 0.482 e. The van der Waals surface area contributed by atoms with Gasteiger partial charge >= 0.3 is 0 Å². The monoisotopic (exact) mass is 426 g/mol. The van der Waals surface area contributed by atoms with Crippen LogP contribution in [0.4, 0.5) is 0 Å². The summed E-state index contributed by atoms with van der Waals surface area (Å²) in [6.07, 6.45) is 1.33. The molecule has 2 heterocycles. The first-order chi connectivity index (χ1) is 14.4. The van der Waals surface area contributed by atoms with Crippen molar-refractivity contribution in [3.05, 3.63) is 93.5 Å². The van der Waals surface area contributed by atoms with Gasteiger partial charge in [0, 0.05) is 19.2 Å². The minimum absolute atomic E-state index is 0.121. The number of fused-ring (bicyclic) bond motifs is 1. The lowest BCUT2D eigenvalue weighted by molar-refractivity contribution is 0.241. The summed E-state index contributed by atoms with van der Waals surface area (Å²) in [4.78, 5) is 14.8. The Morgan fingerprint density at radius 1 is 1.07 bits per heavy atom. The Morgan fingerprint density at radius 3 is 2.33 bits per heavy atom. The third-order valence-electron chi connectivity index (χ3n) is 5.03. The molecule has 0 fully saturated rings. The van der Waals surface area contributed by atoms with Gasteiger partial charge in [-0.25, -0.2) is 13.1 Å². The van der Waals surface area contributed by atoms with Crippen LogP contribution >= 0.6 is 0 Å². The zero-order valence-electron chi connectivity index (χ0n) is 16.5. The molecular weight excluding hydrogens is 404 g/mol. The molecule has 7 nitrogen and oxygen atoms in total. The van der Waals surface area contributed by atoms with Crippen molar-refractivity contribution in [3.8, 4) is 5.75 Å². The van der Waals surface area contributed by atoms with E-state index < -0.39 is 10.0 Å². The van der Waals surface area contributed by atoms with Gasteiger partial charge in [-0.05, 0) is 35.9 Å². The van der Waals surface area contributed by atoms with Gasteiger partial charge in [0.1, 0.15) is 18.6 Å². The molecule has 0 saturated heterocycles. The van der Waals surface area contributed by atoms with Crippen LogP contribution in [0.25, 0.3) is 0 Å². The average Bonchev–Trinajstić information content (AvgIpc) is 3.16. The van der Waals surface area contributed by atoms with E-state index in [-0.39, 0.29) is 22.7 Å². The summed E-state index contributed by atoms with van der Waals surface area (Å²) >= 11 is 0. The van der Waals surface area contributed by atoms with Crippen molar-refractivity contribution in [2.24, 2.45) is 0 Å². The average molecular weight is 426 g/mol. The standard InChI is InChI=1S/C22H22N2O5S/c1-23-30(26,27)20-8-6-16(7-9-20)14-29-22-15-28-19(10-21(22)25)13-24-11-17-4-2-3-5-18(17)12-24/h2-10,15,23H,11-14H2,1H3. The van der Waals surface area contributed by atoms with E-state index in [1.165, 1.54) is 42.6 Å². The fraction of sp³-hybridized carbons (Fsp3) is 0.227. The Balaban J connectivity index is 1.37. The fourth-order valence-corrected chi connectivity index (χ4v) is 4.14. The molecule has 2 aromatic carbocycles. The van der Waals surface area contributed by atoms with Crippen LogP contribution in [-0.2, 0) is 36.3 Å². The highest BCUT2D eigenvalue weighted by atomic mass is 32.2. The molecule has 156 valence electrons. The molecule has 0 aliphatic carbocycles. The van der Waals surface area contributed by atoms with Gasteiger partial charge in [0.25, 0.3) is 0 Å². The molecular formula is C22H22N2O5S. The van der Waals surface area contributed by atoms with Gasteiger partial charge in [0.05, 0.1) is 11.4 Å². The van der Waals surface area contributed by atoms with Crippen molar-refractivity contribution in [2.45, 2.75) is 31.1 Å². The van der Waals surface area contributed by atoms with Crippen LogP contribution in [0.3, 0.4) is 0 Å². The van der Waals surface area contributed by atoms with E-state index in [9.17, 15) is 13.2 Å². The molecule has 1 aliphatic heterocycles. The molecule has 0 atom stereocenters. The minimum Gasteiger partial charge on any atom is -0.482 e. The Hall–Kier alpha value is -2.94. The molecule has 1 aromatic heterocycles. The lowest BCUT2D eigenvalue weighted by atomic mass is 10.1. The molecule has 1 aliphatic rings.